The molecule has 15 heavy (non-hydrogen) atoms. The number of nitrogens with zero attached hydrogens (tertiary/aromatic N) is 2. The summed E-state index contributed by atoms with van der Waals surface area (Å²) in [5.41, 5.74) is -0.103. The van der Waals surface area contributed by atoms with Crippen molar-refractivity contribution in [3.05, 3.63) is 21.0 Å². The van der Waals surface area contributed by atoms with Crippen LogP contribution in [0.25, 0.3) is 0 Å². The number of methoxy groups -OCH3 is 1. The van der Waals surface area contributed by atoms with Gasteiger partial charge in [0, 0.05) is 0 Å². The van der Waals surface area contributed by atoms with Crippen molar-refractivity contribution in [1.82, 2.24) is 4.98 Å². The summed E-state index contributed by atoms with van der Waals surface area (Å²) in [7, 11) is 1.39. The van der Waals surface area contributed by atoms with Crippen LogP contribution < -0.4 is 4.74 Å². The summed E-state index contributed by atoms with van der Waals surface area (Å²) in [6.07, 6.45) is -1.43. The molecule has 80 valence electrons. The summed E-state index contributed by atoms with van der Waals surface area (Å²) in [6.45, 7) is 0. The van der Waals surface area contributed by atoms with Gasteiger partial charge in [0.05, 0.1) is 40.6 Å². The highest BCUT2D eigenvalue weighted by Gasteiger charge is 2.20. The molecule has 0 aromatic carbocycles. The van der Waals surface area contributed by atoms with E-state index in [-0.39, 0.29) is 17.7 Å². The first-order valence-electron chi connectivity index (χ1n) is 3.98. The van der Waals surface area contributed by atoms with Gasteiger partial charge in [0.1, 0.15) is 0 Å². The third-order valence-electron chi connectivity index (χ3n) is 1.79. The lowest BCUT2D eigenvalue weighted by Crippen LogP contribution is -2.03. The fraction of sp³-hybridized carbons (Fsp3) is 0.333. The number of nitriles is 1. The Balaban J connectivity index is 3.32. The average Bonchev–Trinajstić information content (AvgIpc) is 2.18. The second-order valence-corrected chi connectivity index (χ2v) is 3.72. The van der Waals surface area contributed by atoms with E-state index < -0.39 is 6.43 Å². The molecule has 1 aromatic rings. The van der Waals surface area contributed by atoms with Crippen LogP contribution in [0, 0.1) is 14.9 Å². The molecule has 0 bridgehead atoms. The Kier molecular flexibility index (Phi) is 4.20. The molecule has 1 rings (SSSR count). The number of hydrogen-bond donors (Lipinski definition) is 0. The molecule has 0 aliphatic carbocycles. The van der Waals surface area contributed by atoms with Gasteiger partial charge in [-0.3, -0.25) is 4.98 Å². The van der Waals surface area contributed by atoms with Crippen molar-refractivity contribution < 1.29 is 13.5 Å². The molecule has 0 fully saturated rings. The Morgan fingerprint density at radius 2 is 2.33 bits per heavy atom. The minimum atomic E-state index is -2.65. The van der Waals surface area contributed by atoms with E-state index in [1.165, 1.54) is 13.3 Å². The van der Waals surface area contributed by atoms with Gasteiger partial charge in [-0.25, -0.2) is 8.78 Å². The maximum Gasteiger partial charge on any atom is 0.266 e. The Labute approximate surface area is 99.2 Å². The van der Waals surface area contributed by atoms with Crippen molar-refractivity contribution in [1.29, 1.82) is 5.26 Å². The maximum atomic E-state index is 12.7. The molecule has 0 atom stereocenters. The van der Waals surface area contributed by atoms with Crippen molar-refractivity contribution in [3.63, 3.8) is 0 Å². The summed E-state index contributed by atoms with van der Waals surface area (Å²) in [4.78, 5) is 3.79. The van der Waals surface area contributed by atoms with Crippen LogP contribution in [0.5, 0.6) is 5.75 Å². The van der Waals surface area contributed by atoms with E-state index in [2.05, 4.69) is 4.98 Å². The maximum absolute atomic E-state index is 12.7. The molecule has 1 aromatic heterocycles. The number of alkyl halides is 2. The van der Waals surface area contributed by atoms with E-state index in [0.717, 1.165) is 0 Å². The zero-order valence-corrected chi connectivity index (χ0v) is 9.96. The predicted octanol–water partition coefficient (Wildman–Crippen LogP) is 2.70. The largest absolute Gasteiger partial charge is 0.494 e. The second kappa shape index (κ2) is 5.21. The lowest BCUT2D eigenvalue weighted by atomic mass is 10.1. The SMILES string of the molecule is COc1cnc(CC#N)c(C(F)F)c1I. The van der Waals surface area contributed by atoms with E-state index in [1.54, 1.807) is 28.7 Å². The number of aromatic nitrogens is 1. The molecular formula is C9H7F2IN2O. The van der Waals surface area contributed by atoms with Crippen LogP contribution in [0.2, 0.25) is 0 Å². The highest BCUT2D eigenvalue weighted by molar-refractivity contribution is 14.1. The third kappa shape index (κ3) is 2.53. The zero-order valence-electron chi connectivity index (χ0n) is 7.80. The Morgan fingerprint density at radius 1 is 1.67 bits per heavy atom. The van der Waals surface area contributed by atoms with Gasteiger partial charge in [-0.2, -0.15) is 5.26 Å². The molecule has 0 spiro atoms. The third-order valence-corrected chi connectivity index (χ3v) is 2.90. The van der Waals surface area contributed by atoms with Crippen LogP contribution in [0.1, 0.15) is 17.7 Å². The van der Waals surface area contributed by atoms with E-state index >= 15 is 0 Å². The molecule has 6 heteroatoms. The van der Waals surface area contributed by atoms with E-state index in [0.29, 0.717) is 9.32 Å². The summed E-state index contributed by atoms with van der Waals surface area (Å²) in [5.74, 6) is 0.299. The number of rotatable bonds is 3. The molecule has 0 saturated heterocycles. The van der Waals surface area contributed by atoms with Gasteiger partial charge in [-0.15, -0.1) is 0 Å². The highest BCUT2D eigenvalue weighted by atomic mass is 127. The van der Waals surface area contributed by atoms with E-state index in [9.17, 15) is 8.78 Å². The van der Waals surface area contributed by atoms with E-state index in [1.807, 2.05) is 0 Å². The first-order valence-corrected chi connectivity index (χ1v) is 5.06. The van der Waals surface area contributed by atoms with Crippen LogP contribution in [0.3, 0.4) is 0 Å². The van der Waals surface area contributed by atoms with Gasteiger partial charge >= 0.3 is 0 Å². The lowest BCUT2D eigenvalue weighted by Gasteiger charge is -2.10. The van der Waals surface area contributed by atoms with Crippen LogP contribution in [-0.4, -0.2) is 12.1 Å². The highest BCUT2D eigenvalue weighted by Crippen LogP contribution is 2.32. The molecule has 3 nitrogen and oxygen atoms in total. The topological polar surface area (TPSA) is 45.9 Å². The van der Waals surface area contributed by atoms with Gasteiger partial charge in [-0.05, 0) is 22.6 Å². The summed E-state index contributed by atoms with van der Waals surface area (Å²) < 4.78 is 30.6. The Bertz CT molecular complexity index is 404. The van der Waals surface area contributed by atoms with Crippen molar-refractivity contribution in [2.45, 2.75) is 12.8 Å². The smallest absolute Gasteiger partial charge is 0.266 e. The summed E-state index contributed by atoms with van der Waals surface area (Å²) in [6, 6.07) is 1.80. The minimum absolute atomic E-state index is 0.109. The molecule has 0 saturated carbocycles. The number of pyridine rings is 1. The number of hydrogen-bond acceptors (Lipinski definition) is 3. The zero-order chi connectivity index (χ0) is 11.4. The van der Waals surface area contributed by atoms with Crippen LogP contribution in [-0.2, 0) is 6.42 Å². The standard InChI is InChI=1S/C9H7F2IN2O/c1-15-6-4-14-5(2-3-13)7(8(6)12)9(10)11/h4,9H,2H2,1H3. The first-order chi connectivity index (χ1) is 7.11. The van der Waals surface area contributed by atoms with Crippen molar-refractivity contribution in [3.8, 4) is 11.8 Å². The molecule has 0 N–H and O–H groups in total. The predicted molar refractivity (Wildman–Crippen MR) is 57.8 cm³/mol. The first kappa shape index (κ1) is 12.1. The average molecular weight is 324 g/mol. The Morgan fingerprint density at radius 3 is 2.80 bits per heavy atom. The minimum Gasteiger partial charge on any atom is -0.494 e. The second-order valence-electron chi connectivity index (χ2n) is 2.64. The molecule has 1 heterocycles. The normalized spacial score (nSPS) is 10.1. The van der Waals surface area contributed by atoms with Crippen molar-refractivity contribution >= 4 is 22.6 Å². The van der Waals surface area contributed by atoms with Gasteiger partial charge in [-0.1, -0.05) is 0 Å². The molecule has 0 amide bonds. The van der Waals surface area contributed by atoms with Crippen LogP contribution in [0.15, 0.2) is 6.20 Å². The summed E-state index contributed by atoms with van der Waals surface area (Å²) >= 11 is 1.77. The van der Waals surface area contributed by atoms with Gasteiger partial charge in [0.25, 0.3) is 6.43 Å². The fourth-order valence-corrected chi connectivity index (χ4v) is 2.01. The quantitative estimate of drug-likeness (QED) is 0.803. The van der Waals surface area contributed by atoms with Gasteiger partial charge in [0.15, 0.2) is 5.75 Å². The fourth-order valence-electron chi connectivity index (χ4n) is 1.10. The van der Waals surface area contributed by atoms with Gasteiger partial charge in [0.2, 0.25) is 0 Å². The monoisotopic (exact) mass is 324 g/mol. The molecule has 0 aliphatic heterocycles. The molecule has 0 unspecified atom stereocenters. The van der Waals surface area contributed by atoms with Crippen LogP contribution in [0.4, 0.5) is 8.78 Å². The molecule has 0 aliphatic rings. The van der Waals surface area contributed by atoms with E-state index in [4.69, 9.17) is 10.00 Å². The van der Waals surface area contributed by atoms with Crippen molar-refractivity contribution in [2.75, 3.05) is 7.11 Å². The molecule has 0 radical (unpaired) electrons. The number of halogens is 3. The Hall–Kier alpha value is -0.970. The lowest BCUT2D eigenvalue weighted by molar-refractivity contribution is 0.148. The molecular weight excluding hydrogens is 317 g/mol. The van der Waals surface area contributed by atoms with Crippen LogP contribution >= 0.6 is 22.6 Å². The van der Waals surface area contributed by atoms with Gasteiger partial charge < -0.3 is 4.74 Å². The summed E-state index contributed by atoms with van der Waals surface area (Å²) in [5, 5.41) is 8.47. The van der Waals surface area contributed by atoms with Crippen molar-refractivity contribution in [2.24, 2.45) is 0 Å². The number of ether oxygens (including phenoxy) is 1.